The number of aryl methyl sites for hydroxylation is 4. The van der Waals surface area contributed by atoms with Crippen LogP contribution in [0.3, 0.4) is 0 Å². The van der Waals surface area contributed by atoms with Gasteiger partial charge in [0.1, 0.15) is 0 Å². The van der Waals surface area contributed by atoms with Crippen molar-refractivity contribution >= 4 is 43.6 Å². The molecule has 0 saturated heterocycles. The van der Waals surface area contributed by atoms with Crippen molar-refractivity contribution in [2.75, 3.05) is 0 Å². The monoisotopic (exact) mass is 516 g/mol. The molecule has 200 valence electrons. The maximum atomic E-state index is 4.58. The van der Waals surface area contributed by atoms with Crippen LogP contribution in [0.2, 0.25) is 0 Å². The highest BCUT2D eigenvalue weighted by molar-refractivity contribution is 6.09. The lowest BCUT2D eigenvalue weighted by atomic mass is 10.1. The average Bonchev–Trinajstić information content (AvgIpc) is 3.46. The highest BCUT2D eigenvalue weighted by atomic mass is 15.0. The molecule has 0 amide bonds. The molecule has 0 radical (unpaired) electrons. The molecule has 0 unspecified atom stereocenters. The second kappa shape index (κ2) is 11.6. The van der Waals surface area contributed by atoms with Crippen LogP contribution in [0, 0.1) is 13.8 Å². The van der Waals surface area contributed by atoms with Gasteiger partial charge in [-0.1, -0.05) is 81.3 Å². The van der Waals surface area contributed by atoms with Crippen LogP contribution in [0.4, 0.5) is 0 Å². The fraction of sp³-hybridized carbons (Fsp3) is 0.371. The van der Waals surface area contributed by atoms with Crippen molar-refractivity contribution in [2.24, 2.45) is 0 Å². The van der Waals surface area contributed by atoms with Crippen LogP contribution in [0.15, 0.2) is 73.1 Å². The molecule has 0 saturated carbocycles. The first-order valence-electron chi connectivity index (χ1n) is 14.9. The number of para-hydroxylation sites is 2. The number of hydrogen-bond donors (Lipinski definition) is 0. The standard InChI is InChI=1S/C35H40N4/c1-26-34-30(20-22-36-26)28-16-10-12-18-32(28)38(34)24-14-8-6-4-3-5-7-9-15-25-39-33-19-13-11-17-29(33)31-21-23-37-27(2)35(31)39/h10-13,16-23H,3-9,14-15,24-25H2,1-2H3. The van der Waals surface area contributed by atoms with E-state index in [1.807, 2.05) is 12.4 Å². The summed E-state index contributed by atoms with van der Waals surface area (Å²) in [6.07, 6.45) is 15.7. The van der Waals surface area contributed by atoms with Gasteiger partial charge in [-0.2, -0.15) is 0 Å². The van der Waals surface area contributed by atoms with Crippen LogP contribution in [0.25, 0.3) is 43.6 Å². The minimum Gasteiger partial charge on any atom is -0.339 e. The van der Waals surface area contributed by atoms with Crippen molar-refractivity contribution in [2.45, 2.75) is 84.7 Å². The largest absolute Gasteiger partial charge is 0.339 e. The minimum atomic E-state index is 1.08. The summed E-state index contributed by atoms with van der Waals surface area (Å²) in [6, 6.07) is 21.9. The first kappa shape index (κ1) is 25.6. The second-order valence-electron chi connectivity index (χ2n) is 11.1. The Kier molecular flexibility index (Phi) is 7.62. The van der Waals surface area contributed by atoms with Gasteiger partial charge in [0, 0.05) is 58.1 Å². The van der Waals surface area contributed by atoms with Gasteiger partial charge in [-0.15, -0.1) is 0 Å². The average molecular weight is 517 g/mol. The van der Waals surface area contributed by atoms with E-state index in [9.17, 15) is 0 Å². The van der Waals surface area contributed by atoms with E-state index in [1.165, 1.54) is 101 Å². The summed E-state index contributed by atoms with van der Waals surface area (Å²) in [7, 11) is 0. The van der Waals surface area contributed by atoms with Gasteiger partial charge >= 0.3 is 0 Å². The number of unbranched alkanes of at least 4 members (excludes halogenated alkanes) is 8. The van der Waals surface area contributed by atoms with Crippen LogP contribution in [0.1, 0.15) is 69.2 Å². The van der Waals surface area contributed by atoms with E-state index in [2.05, 4.69) is 93.6 Å². The van der Waals surface area contributed by atoms with E-state index in [-0.39, 0.29) is 0 Å². The molecule has 6 aromatic rings. The first-order valence-corrected chi connectivity index (χ1v) is 14.9. The molecule has 4 heteroatoms. The highest BCUT2D eigenvalue weighted by Gasteiger charge is 2.13. The third-order valence-corrected chi connectivity index (χ3v) is 8.49. The lowest BCUT2D eigenvalue weighted by Gasteiger charge is -2.09. The summed E-state index contributed by atoms with van der Waals surface area (Å²) in [4.78, 5) is 9.16. The summed E-state index contributed by atoms with van der Waals surface area (Å²) in [5.41, 5.74) is 7.58. The fourth-order valence-electron chi connectivity index (χ4n) is 6.59. The summed E-state index contributed by atoms with van der Waals surface area (Å²) in [5.74, 6) is 0. The number of rotatable bonds is 12. The third-order valence-electron chi connectivity index (χ3n) is 8.49. The molecule has 0 aliphatic heterocycles. The Morgan fingerprint density at radius 3 is 1.28 bits per heavy atom. The van der Waals surface area contributed by atoms with Gasteiger partial charge in [0.05, 0.1) is 22.4 Å². The number of pyridine rings is 2. The van der Waals surface area contributed by atoms with E-state index >= 15 is 0 Å². The summed E-state index contributed by atoms with van der Waals surface area (Å²) < 4.78 is 5.00. The van der Waals surface area contributed by atoms with Gasteiger partial charge in [-0.05, 0) is 51.0 Å². The highest BCUT2D eigenvalue weighted by Crippen LogP contribution is 2.32. The molecule has 4 heterocycles. The van der Waals surface area contributed by atoms with Crippen LogP contribution in [0.5, 0.6) is 0 Å². The number of aromatic nitrogens is 4. The van der Waals surface area contributed by atoms with E-state index in [1.54, 1.807) is 0 Å². The van der Waals surface area contributed by atoms with Crippen molar-refractivity contribution in [1.29, 1.82) is 0 Å². The minimum absolute atomic E-state index is 1.08. The van der Waals surface area contributed by atoms with E-state index in [0.29, 0.717) is 0 Å². The van der Waals surface area contributed by atoms with Crippen molar-refractivity contribution in [3.63, 3.8) is 0 Å². The fourth-order valence-corrected chi connectivity index (χ4v) is 6.59. The van der Waals surface area contributed by atoms with E-state index < -0.39 is 0 Å². The molecule has 39 heavy (non-hydrogen) atoms. The zero-order valence-corrected chi connectivity index (χ0v) is 23.5. The van der Waals surface area contributed by atoms with Gasteiger partial charge < -0.3 is 9.13 Å². The Hall–Kier alpha value is -3.66. The quantitative estimate of drug-likeness (QED) is 0.152. The number of fused-ring (bicyclic) bond motifs is 6. The maximum Gasteiger partial charge on any atom is 0.0707 e. The summed E-state index contributed by atoms with van der Waals surface area (Å²) >= 11 is 0. The Bertz CT molecular complexity index is 1590. The Balaban J connectivity index is 0.931. The van der Waals surface area contributed by atoms with Crippen LogP contribution >= 0.6 is 0 Å². The Labute approximate surface area is 231 Å². The summed E-state index contributed by atoms with van der Waals surface area (Å²) in [6.45, 7) is 6.43. The first-order chi connectivity index (χ1) is 19.2. The molecule has 4 nitrogen and oxygen atoms in total. The molecular formula is C35H40N4. The lowest BCUT2D eigenvalue weighted by molar-refractivity contribution is 0.532. The van der Waals surface area contributed by atoms with Crippen molar-refractivity contribution in [1.82, 2.24) is 19.1 Å². The Morgan fingerprint density at radius 2 is 0.846 bits per heavy atom. The number of benzene rings is 2. The molecule has 6 rings (SSSR count). The zero-order chi connectivity index (χ0) is 26.6. The van der Waals surface area contributed by atoms with Crippen LogP contribution < -0.4 is 0 Å². The zero-order valence-electron chi connectivity index (χ0n) is 23.5. The molecule has 0 bridgehead atoms. The van der Waals surface area contributed by atoms with Gasteiger partial charge in [-0.25, -0.2) is 0 Å². The molecule has 4 aromatic heterocycles. The van der Waals surface area contributed by atoms with Crippen LogP contribution in [-0.2, 0) is 13.1 Å². The van der Waals surface area contributed by atoms with Gasteiger partial charge in [0.15, 0.2) is 0 Å². The predicted octanol–water partition coefficient (Wildman–Crippen LogP) is 9.52. The molecule has 0 aliphatic carbocycles. The predicted molar refractivity (Wildman–Crippen MR) is 166 cm³/mol. The van der Waals surface area contributed by atoms with Crippen molar-refractivity contribution in [3.05, 3.63) is 84.4 Å². The third kappa shape index (κ3) is 5.05. The molecule has 0 N–H and O–H groups in total. The van der Waals surface area contributed by atoms with Gasteiger partial charge in [0.25, 0.3) is 0 Å². The molecular weight excluding hydrogens is 476 g/mol. The maximum absolute atomic E-state index is 4.58. The lowest BCUT2D eigenvalue weighted by Crippen LogP contribution is -2.00. The van der Waals surface area contributed by atoms with Crippen LogP contribution in [-0.4, -0.2) is 19.1 Å². The SMILES string of the molecule is Cc1nccc2c3ccccc3n(CCCCCCCCCCCn3c4ccccc4c4ccnc(C)c43)c12. The smallest absolute Gasteiger partial charge is 0.0707 e. The molecule has 0 aliphatic rings. The molecule has 2 aromatic carbocycles. The molecule has 0 spiro atoms. The topological polar surface area (TPSA) is 35.6 Å². The van der Waals surface area contributed by atoms with Crippen molar-refractivity contribution in [3.8, 4) is 0 Å². The number of hydrogen-bond acceptors (Lipinski definition) is 2. The van der Waals surface area contributed by atoms with E-state index in [0.717, 1.165) is 24.5 Å². The van der Waals surface area contributed by atoms with E-state index in [4.69, 9.17) is 0 Å². The number of nitrogens with zero attached hydrogens (tertiary/aromatic N) is 4. The summed E-state index contributed by atoms with van der Waals surface area (Å²) in [5, 5.41) is 5.37. The van der Waals surface area contributed by atoms with Crippen molar-refractivity contribution < 1.29 is 0 Å². The van der Waals surface area contributed by atoms with Gasteiger partial charge in [0.2, 0.25) is 0 Å². The van der Waals surface area contributed by atoms with Gasteiger partial charge in [-0.3, -0.25) is 9.97 Å². The molecule has 0 atom stereocenters. The normalized spacial score (nSPS) is 11.9. The Morgan fingerprint density at radius 1 is 0.462 bits per heavy atom. The second-order valence-corrected chi connectivity index (χ2v) is 11.1. The molecule has 0 fully saturated rings.